The largest absolute Gasteiger partial charge is 1.00 e. The molecule has 0 aliphatic rings. The van der Waals surface area contributed by atoms with Gasteiger partial charge in [-0.3, -0.25) is 0 Å². The molecule has 0 heterocycles. The van der Waals surface area contributed by atoms with E-state index in [1.54, 1.807) is 6.92 Å². The van der Waals surface area contributed by atoms with Gasteiger partial charge < -0.3 is 14.3 Å². The van der Waals surface area contributed by atoms with E-state index in [0.29, 0.717) is 6.42 Å². The summed E-state index contributed by atoms with van der Waals surface area (Å²) in [6.45, 7) is 1.72. The quantitative estimate of drug-likeness (QED) is 0.199. The molecule has 0 N–H and O–H groups in total. The van der Waals surface area contributed by atoms with Crippen molar-refractivity contribution in [2.45, 2.75) is 6.92 Å². The summed E-state index contributed by atoms with van der Waals surface area (Å²) in [5.74, 6) is -1.90. The normalized spacial score (nSPS) is 6.91. The second kappa shape index (κ2) is 8.24. The number of hydrogen-bond donors (Lipinski definition) is 0. The summed E-state index contributed by atoms with van der Waals surface area (Å²) in [5.41, 5.74) is 0. The van der Waals surface area contributed by atoms with Gasteiger partial charge in [0, 0.05) is 0 Å². The van der Waals surface area contributed by atoms with Crippen molar-refractivity contribution in [1.82, 2.24) is 0 Å². The maximum absolute atomic E-state index is 10.4. The first-order chi connectivity index (χ1) is 4.72. The Labute approximate surface area is 107 Å². The Morgan fingerprint density at radius 1 is 1.64 bits per heavy atom. The molecule has 0 saturated heterocycles. The summed E-state index contributed by atoms with van der Waals surface area (Å²) in [5, 5.41) is 7.92. The SMILES string of the molecule is CCOC(=O)C(=O)[CH-]C#N.[K+]. The third-order valence-electron chi connectivity index (χ3n) is 0.672. The van der Waals surface area contributed by atoms with Crippen molar-refractivity contribution in [2.24, 2.45) is 0 Å². The molecule has 5 heteroatoms. The van der Waals surface area contributed by atoms with Gasteiger partial charge in [-0.25, -0.2) is 5.26 Å². The number of ketones is 1. The molecule has 0 fully saturated rings. The number of ether oxygens (including phenoxy) is 1. The fourth-order valence-electron chi connectivity index (χ4n) is 0.320. The minimum atomic E-state index is -0.982. The standard InChI is InChI=1S/C6H6NO3.K/c1-2-10-6(9)5(8)3-4-7;/h3H,2H2,1H3;/q-1;+1. The van der Waals surface area contributed by atoms with Crippen LogP contribution in [0, 0.1) is 17.8 Å². The first kappa shape index (κ1) is 13.7. The van der Waals surface area contributed by atoms with Crippen molar-refractivity contribution in [3.8, 4) is 6.07 Å². The van der Waals surface area contributed by atoms with Gasteiger partial charge in [-0.2, -0.15) is 0 Å². The second-order valence-corrected chi connectivity index (χ2v) is 1.36. The van der Waals surface area contributed by atoms with Gasteiger partial charge in [0.1, 0.15) is 5.78 Å². The maximum atomic E-state index is 10.4. The molecular formula is C6H6KNO3. The molecule has 0 saturated carbocycles. The molecule has 0 radical (unpaired) electrons. The number of hydrogen-bond acceptors (Lipinski definition) is 4. The monoisotopic (exact) mass is 179 g/mol. The summed E-state index contributed by atoms with van der Waals surface area (Å²) < 4.78 is 4.29. The van der Waals surface area contributed by atoms with E-state index in [1.165, 1.54) is 6.07 Å². The van der Waals surface area contributed by atoms with E-state index >= 15 is 0 Å². The zero-order valence-electron chi connectivity index (χ0n) is 6.46. The zero-order chi connectivity index (χ0) is 7.98. The van der Waals surface area contributed by atoms with Gasteiger partial charge in [-0.1, -0.05) is 6.42 Å². The fourth-order valence-corrected chi connectivity index (χ4v) is 0.320. The van der Waals surface area contributed by atoms with Crippen LogP contribution < -0.4 is 51.4 Å². The molecule has 0 spiro atoms. The molecule has 0 aromatic rings. The van der Waals surface area contributed by atoms with Crippen molar-refractivity contribution in [1.29, 1.82) is 5.26 Å². The Morgan fingerprint density at radius 2 is 2.18 bits per heavy atom. The van der Waals surface area contributed by atoms with Gasteiger partial charge in [-0.05, 0) is 13.0 Å². The number of nitriles is 1. The van der Waals surface area contributed by atoms with E-state index < -0.39 is 11.8 Å². The van der Waals surface area contributed by atoms with Crippen molar-refractivity contribution in [3.05, 3.63) is 6.42 Å². The maximum Gasteiger partial charge on any atom is 1.00 e. The topological polar surface area (TPSA) is 67.2 Å². The van der Waals surface area contributed by atoms with Gasteiger partial charge in [-0.15, -0.1) is 0 Å². The minimum Gasteiger partial charge on any atom is -0.545 e. The molecule has 0 aliphatic carbocycles. The van der Waals surface area contributed by atoms with Crippen LogP contribution in [-0.4, -0.2) is 18.4 Å². The first-order valence-electron chi connectivity index (χ1n) is 2.66. The van der Waals surface area contributed by atoms with Crippen LogP contribution in [0.1, 0.15) is 6.92 Å². The molecule has 4 nitrogen and oxygen atoms in total. The number of carbonyl (C=O) groups excluding carboxylic acids is 2. The Balaban J connectivity index is 0. The smallest absolute Gasteiger partial charge is 0.545 e. The van der Waals surface area contributed by atoms with Crippen LogP contribution in [0.4, 0.5) is 0 Å². The third kappa shape index (κ3) is 6.53. The molecule has 11 heavy (non-hydrogen) atoms. The molecular weight excluding hydrogens is 173 g/mol. The van der Waals surface area contributed by atoms with Crippen LogP contribution in [-0.2, 0) is 14.3 Å². The van der Waals surface area contributed by atoms with E-state index in [2.05, 4.69) is 4.74 Å². The zero-order valence-corrected chi connectivity index (χ0v) is 9.58. The van der Waals surface area contributed by atoms with Gasteiger partial charge in [0.25, 0.3) is 0 Å². The predicted octanol–water partition coefficient (Wildman–Crippen LogP) is -3.15. The first-order valence-corrected chi connectivity index (χ1v) is 2.66. The van der Waals surface area contributed by atoms with Gasteiger partial charge in [0.05, 0.1) is 6.61 Å². The second-order valence-electron chi connectivity index (χ2n) is 1.36. The van der Waals surface area contributed by atoms with Crippen molar-refractivity contribution in [2.75, 3.05) is 6.61 Å². The van der Waals surface area contributed by atoms with Crippen LogP contribution in [0.3, 0.4) is 0 Å². The molecule has 0 bridgehead atoms. The van der Waals surface area contributed by atoms with E-state index in [1.807, 2.05) is 0 Å². The van der Waals surface area contributed by atoms with Gasteiger partial charge >= 0.3 is 51.4 Å². The average Bonchev–Trinajstić information content (AvgIpc) is 1.89. The summed E-state index contributed by atoms with van der Waals surface area (Å²) in [7, 11) is 0. The van der Waals surface area contributed by atoms with Crippen LogP contribution >= 0.6 is 0 Å². The van der Waals surface area contributed by atoms with E-state index in [-0.39, 0.29) is 58.0 Å². The van der Waals surface area contributed by atoms with Crippen LogP contribution in [0.25, 0.3) is 0 Å². The molecule has 0 aliphatic heterocycles. The average molecular weight is 179 g/mol. The molecule has 0 atom stereocenters. The summed E-state index contributed by atoms with van der Waals surface area (Å²) in [4.78, 5) is 20.8. The number of rotatable bonds is 3. The number of carbonyl (C=O) groups is 2. The molecule has 54 valence electrons. The number of Topliss-reactive ketones (excluding diaryl/α,β-unsaturated/α-hetero) is 1. The fraction of sp³-hybridized carbons (Fsp3) is 0.333. The molecule has 0 aromatic heterocycles. The van der Waals surface area contributed by atoms with Crippen LogP contribution in [0.5, 0.6) is 0 Å². The molecule has 0 unspecified atom stereocenters. The van der Waals surface area contributed by atoms with Crippen molar-refractivity contribution >= 4 is 11.8 Å². The van der Waals surface area contributed by atoms with Crippen molar-refractivity contribution in [3.63, 3.8) is 0 Å². The summed E-state index contributed by atoms with van der Waals surface area (Å²) in [6.07, 6.45) is 0.609. The number of esters is 1. The Bertz CT molecular complexity index is 185. The third-order valence-corrected chi connectivity index (χ3v) is 0.672. The predicted molar refractivity (Wildman–Crippen MR) is 31.6 cm³/mol. The van der Waals surface area contributed by atoms with Gasteiger partial charge in [0.15, 0.2) is 0 Å². The Morgan fingerprint density at radius 3 is 2.55 bits per heavy atom. The van der Waals surface area contributed by atoms with Crippen LogP contribution in [0.2, 0.25) is 0 Å². The van der Waals surface area contributed by atoms with E-state index in [9.17, 15) is 9.59 Å². The Kier molecular flexibility index (Phi) is 10.3. The summed E-state index contributed by atoms with van der Waals surface area (Å²) in [6, 6.07) is 1.43. The minimum absolute atomic E-state index is 0. The number of nitrogens with zero attached hydrogens (tertiary/aromatic N) is 1. The summed E-state index contributed by atoms with van der Waals surface area (Å²) >= 11 is 0. The van der Waals surface area contributed by atoms with Gasteiger partial charge in [0.2, 0.25) is 5.97 Å². The Hall–Kier alpha value is 0.136. The van der Waals surface area contributed by atoms with Crippen molar-refractivity contribution < 1.29 is 65.7 Å². The molecule has 0 aromatic carbocycles. The van der Waals surface area contributed by atoms with E-state index in [0.717, 1.165) is 0 Å². The van der Waals surface area contributed by atoms with Crippen LogP contribution in [0.15, 0.2) is 0 Å². The molecule has 0 amide bonds. The molecule has 0 rings (SSSR count). The van der Waals surface area contributed by atoms with E-state index in [4.69, 9.17) is 5.26 Å².